The quantitative estimate of drug-likeness (QED) is 0.870. The van der Waals surface area contributed by atoms with Crippen molar-refractivity contribution in [2.45, 2.75) is 64.8 Å². The molecule has 0 atom stereocenters. The Hall–Kier alpha value is -1.32. The van der Waals surface area contributed by atoms with Gasteiger partial charge in [-0.05, 0) is 37.5 Å². The third kappa shape index (κ3) is 3.37. The SMILES string of the molecule is CCC1CCC(Nc2ncnc(N)c2C(C)C)CC1. The maximum atomic E-state index is 5.98. The minimum atomic E-state index is 0.343. The van der Waals surface area contributed by atoms with Crippen LogP contribution in [-0.4, -0.2) is 16.0 Å². The summed E-state index contributed by atoms with van der Waals surface area (Å²) in [5.41, 5.74) is 7.04. The molecule has 0 amide bonds. The number of aromatic nitrogens is 2. The maximum absolute atomic E-state index is 5.98. The first-order valence-electron chi connectivity index (χ1n) is 7.48. The molecule has 1 aromatic heterocycles. The topological polar surface area (TPSA) is 63.8 Å². The van der Waals surface area contributed by atoms with Crippen LogP contribution in [0.5, 0.6) is 0 Å². The number of hydrogen-bond donors (Lipinski definition) is 2. The minimum absolute atomic E-state index is 0.343. The van der Waals surface area contributed by atoms with Crippen LogP contribution in [0.3, 0.4) is 0 Å². The summed E-state index contributed by atoms with van der Waals surface area (Å²) in [6, 6.07) is 0.537. The fraction of sp³-hybridized carbons (Fsp3) is 0.733. The van der Waals surface area contributed by atoms with Crippen molar-refractivity contribution < 1.29 is 0 Å². The van der Waals surface area contributed by atoms with Crippen molar-refractivity contribution in [3.8, 4) is 0 Å². The van der Waals surface area contributed by atoms with Gasteiger partial charge in [-0.2, -0.15) is 0 Å². The summed E-state index contributed by atoms with van der Waals surface area (Å²) in [7, 11) is 0. The second-order valence-corrected chi connectivity index (χ2v) is 5.95. The van der Waals surface area contributed by atoms with Crippen LogP contribution in [0, 0.1) is 5.92 Å². The standard InChI is InChI=1S/C15H26N4/c1-4-11-5-7-12(8-6-11)19-15-13(10(2)3)14(16)17-9-18-15/h9-12H,4-8H2,1-3H3,(H3,16,17,18,19). The van der Waals surface area contributed by atoms with Crippen molar-refractivity contribution in [3.05, 3.63) is 11.9 Å². The molecule has 0 unspecified atom stereocenters. The Morgan fingerprint density at radius 1 is 1.26 bits per heavy atom. The molecule has 1 aromatic rings. The largest absolute Gasteiger partial charge is 0.383 e. The minimum Gasteiger partial charge on any atom is -0.383 e. The van der Waals surface area contributed by atoms with Crippen LogP contribution in [0.4, 0.5) is 11.6 Å². The molecule has 0 spiro atoms. The first kappa shape index (κ1) is 14.1. The fourth-order valence-corrected chi connectivity index (χ4v) is 3.00. The normalized spacial score (nSPS) is 23.6. The number of nitrogen functional groups attached to an aromatic ring is 1. The third-order valence-electron chi connectivity index (χ3n) is 4.26. The Morgan fingerprint density at radius 2 is 1.95 bits per heavy atom. The van der Waals surface area contributed by atoms with Crippen molar-refractivity contribution in [2.24, 2.45) is 5.92 Å². The Morgan fingerprint density at radius 3 is 2.53 bits per heavy atom. The molecule has 0 saturated heterocycles. The highest BCUT2D eigenvalue weighted by atomic mass is 15.1. The summed E-state index contributed by atoms with van der Waals surface area (Å²) >= 11 is 0. The van der Waals surface area contributed by atoms with Crippen LogP contribution >= 0.6 is 0 Å². The first-order chi connectivity index (χ1) is 9.11. The summed E-state index contributed by atoms with van der Waals surface area (Å²) in [6.45, 7) is 6.56. The summed E-state index contributed by atoms with van der Waals surface area (Å²) in [5.74, 6) is 2.80. The van der Waals surface area contributed by atoms with E-state index in [9.17, 15) is 0 Å². The van der Waals surface area contributed by atoms with E-state index in [1.165, 1.54) is 32.1 Å². The average molecular weight is 262 g/mol. The van der Waals surface area contributed by atoms with Crippen molar-refractivity contribution >= 4 is 11.6 Å². The van der Waals surface area contributed by atoms with Gasteiger partial charge in [-0.3, -0.25) is 0 Å². The summed E-state index contributed by atoms with van der Waals surface area (Å²) in [4.78, 5) is 8.50. The van der Waals surface area contributed by atoms with Crippen LogP contribution < -0.4 is 11.1 Å². The van der Waals surface area contributed by atoms with Gasteiger partial charge in [-0.1, -0.05) is 27.2 Å². The zero-order chi connectivity index (χ0) is 13.8. The van der Waals surface area contributed by atoms with Crippen LogP contribution in [0.25, 0.3) is 0 Å². The van der Waals surface area contributed by atoms with Gasteiger partial charge in [0.1, 0.15) is 18.0 Å². The molecule has 3 N–H and O–H groups in total. The van der Waals surface area contributed by atoms with E-state index < -0.39 is 0 Å². The van der Waals surface area contributed by atoms with Crippen LogP contribution in [0.2, 0.25) is 0 Å². The highest BCUT2D eigenvalue weighted by Crippen LogP contribution is 2.31. The Kier molecular flexibility index (Phi) is 4.61. The molecule has 1 aliphatic rings. The molecule has 0 radical (unpaired) electrons. The third-order valence-corrected chi connectivity index (χ3v) is 4.26. The van der Waals surface area contributed by atoms with Crippen molar-refractivity contribution in [3.63, 3.8) is 0 Å². The molecule has 4 nitrogen and oxygen atoms in total. The molecule has 1 saturated carbocycles. The van der Waals surface area contributed by atoms with E-state index in [0.29, 0.717) is 17.8 Å². The van der Waals surface area contributed by atoms with E-state index in [1.807, 2.05) is 0 Å². The van der Waals surface area contributed by atoms with E-state index in [1.54, 1.807) is 6.33 Å². The smallest absolute Gasteiger partial charge is 0.135 e. The Labute approximate surface area is 116 Å². The highest BCUT2D eigenvalue weighted by Gasteiger charge is 2.22. The van der Waals surface area contributed by atoms with Crippen molar-refractivity contribution in [1.82, 2.24) is 9.97 Å². The van der Waals surface area contributed by atoms with E-state index in [4.69, 9.17) is 5.73 Å². The average Bonchev–Trinajstić information content (AvgIpc) is 2.39. The maximum Gasteiger partial charge on any atom is 0.135 e. The van der Waals surface area contributed by atoms with Gasteiger partial charge in [-0.25, -0.2) is 9.97 Å². The number of nitrogens with zero attached hydrogens (tertiary/aromatic N) is 2. The number of rotatable bonds is 4. The van der Waals surface area contributed by atoms with E-state index in [-0.39, 0.29) is 0 Å². The molecule has 4 heteroatoms. The number of nitrogens with one attached hydrogen (secondary N) is 1. The summed E-state index contributed by atoms with van der Waals surface area (Å²) in [5, 5.41) is 3.59. The van der Waals surface area contributed by atoms with E-state index in [2.05, 4.69) is 36.1 Å². The van der Waals surface area contributed by atoms with Crippen LogP contribution in [-0.2, 0) is 0 Å². The van der Waals surface area contributed by atoms with Gasteiger partial charge in [0, 0.05) is 11.6 Å². The molecule has 0 aromatic carbocycles. The van der Waals surface area contributed by atoms with Gasteiger partial charge >= 0.3 is 0 Å². The summed E-state index contributed by atoms with van der Waals surface area (Å²) < 4.78 is 0. The number of nitrogens with two attached hydrogens (primary N) is 1. The predicted octanol–water partition coefficient (Wildman–Crippen LogP) is 3.56. The monoisotopic (exact) mass is 262 g/mol. The Balaban J connectivity index is 2.06. The van der Waals surface area contributed by atoms with Crippen LogP contribution in [0.15, 0.2) is 6.33 Å². The van der Waals surface area contributed by atoms with E-state index in [0.717, 1.165) is 17.3 Å². The van der Waals surface area contributed by atoms with Gasteiger partial charge in [-0.15, -0.1) is 0 Å². The number of hydrogen-bond acceptors (Lipinski definition) is 4. The molecule has 1 fully saturated rings. The van der Waals surface area contributed by atoms with E-state index >= 15 is 0 Å². The molecular formula is C15H26N4. The highest BCUT2D eigenvalue weighted by molar-refractivity contribution is 5.57. The first-order valence-corrected chi connectivity index (χ1v) is 7.48. The molecule has 0 aliphatic heterocycles. The molecule has 2 rings (SSSR count). The molecule has 19 heavy (non-hydrogen) atoms. The van der Waals surface area contributed by atoms with Crippen LogP contribution in [0.1, 0.15) is 64.4 Å². The lowest BCUT2D eigenvalue weighted by Gasteiger charge is -2.29. The van der Waals surface area contributed by atoms with Gasteiger partial charge in [0.2, 0.25) is 0 Å². The molecule has 1 heterocycles. The molecule has 0 bridgehead atoms. The molecular weight excluding hydrogens is 236 g/mol. The molecule has 106 valence electrons. The second-order valence-electron chi connectivity index (χ2n) is 5.95. The predicted molar refractivity (Wildman–Crippen MR) is 80.2 cm³/mol. The fourth-order valence-electron chi connectivity index (χ4n) is 3.00. The lowest BCUT2D eigenvalue weighted by atomic mass is 9.84. The van der Waals surface area contributed by atoms with Crippen molar-refractivity contribution in [2.75, 3.05) is 11.1 Å². The van der Waals surface area contributed by atoms with Gasteiger partial charge < -0.3 is 11.1 Å². The second kappa shape index (κ2) is 6.22. The molecule has 1 aliphatic carbocycles. The van der Waals surface area contributed by atoms with Gasteiger partial charge in [0.25, 0.3) is 0 Å². The van der Waals surface area contributed by atoms with Gasteiger partial charge in [0.05, 0.1) is 0 Å². The number of anilines is 2. The van der Waals surface area contributed by atoms with Gasteiger partial charge in [0.15, 0.2) is 0 Å². The zero-order valence-corrected chi connectivity index (χ0v) is 12.3. The lowest BCUT2D eigenvalue weighted by Crippen LogP contribution is -2.27. The zero-order valence-electron chi connectivity index (χ0n) is 12.3. The Bertz CT molecular complexity index is 409. The summed E-state index contributed by atoms with van der Waals surface area (Å²) in [6.07, 6.45) is 7.99. The lowest BCUT2D eigenvalue weighted by molar-refractivity contribution is 0.329. The van der Waals surface area contributed by atoms with Crippen molar-refractivity contribution in [1.29, 1.82) is 0 Å².